The molecule has 0 saturated heterocycles. The number of hydrogen-bond acceptors (Lipinski definition) is 8. The van der Waals surface area contributed by atoms with Crippen LogP contribution in [-0.4, -0.2) is 56.9 Å². The number of aromatic nitrogens is 2. The Morgan fingerprint density at radius 1 is 1.21 bits per heavy atom. The van der Waals surface area contributed by atoms with E-state index in [4.69, 9.17) is 9.84 Å². The van der Waals surface area contributed by atoms with Gasteiger partial charge in [-0.3, -0.25) is 19.5 Å². The van der Waals surface area contributed by atoms with Gasteiger partial charge in [0.05, 0.1) is 12.8 Å². The molecule has 0 aliphatic carbocycles. The standard InChI is InChI=1S/C17H17FN4O7/c18-11-9-20-17(28)21-14(11)19-8-10(15(25)26)16(27)29-7-3-1-2-6-22-12(23)4-5-13(22)24/h4-5,8-9H,1-3,6-7H2,(H,25,26)(H2,19,20,21,28)/b10-8+. The molecule has 1 aliphatic rings. The van der Waals surface area contributed by atoms with Crippen molar-refractivity contribution < 1.29 is 33.4 Å². The number of carbonyl (C=O) groups excluding carboxylic acids is 3. The zero-order chi connectivity index (χ0) is 21.4. The van der Waals surface area contributed by atoms with Gasteiger partial charge in [0, 0.05) is 24.9 Å². The van der Waals surface area contributed by atoms with E-state index in [0.29, 0.717) is 31.7 Å². The molecule has 154 valence electrons. The van der Waals surface area contributed by atoms with Crippen LogP contribution in [-0.2, 0) is 23.9 Å². The molecule has 1 aliphatic heterocycles. The minimum absolute atomic E-state index is 0.0932. The summed E-state index contributed by atoms with van der Waals surface area (Å²) < 4.78 is 18.3. The maximum Gasteiger partial charge on any atom is 0.347 e. The number of H-pyrrole nitrogens is 1. The van der Waals surface area contributed by atoms with Crippen molar-refractivity contribution >= 4 is 29.6 Å². The Morgan fingerprint density at radius 2 is 1.90 bits per heavy atom. The van der Waals surface area contributed by atoms with E-state index >= 15 is 0 Å². The molecule has 0 saturated carbocycles. The first-order valence-corrected chi connectivity index (χ1v) is 8.45. The van der Waals surface area contributed by atoms with E-state index in [9.17, 15) is 28.4 Å². The molecule has 0 aromatic carbocycles. The molecular weight excluding hydrogens is 391 g/mol. The molecule has 12 heteroatoms. The highest BCUT2D eigenvalue weighted by Crippen LogP contribution is 2.09. The Bertz CT molecular complexity index is 920. The lowest BCUT2D eigenvalue weighted by Gasteiger charge is -2.13. The summed E-state index contributed by atoms with van der Waals surface area (Å²) in [5.41, 5.74) is -1.67. The fourth-order valence-corrected chi connectivity index (χ4v) is 2.28. The van der Waals surface area contributed by atoms with Gasteiger partial charge in [0.1, 0.15) is 5.82 Å². The van der Waals surface area contributed by atoms with Crippen LogP contribution in [0.15, 0.2) is 34.9 Å². The number of nitrogens with one attached hydrogen (secondary N) is 2. The first-order valence-electron chi connectivity index (χ1n) is 8.45. The van der Waals surface area contributed by atoms with Gasteiger partial charge in [0.15, 0.2) is 11.4 Å². The number of amides is 2. The Balaban J connectivity index is 1.78. The van der Waals surface area contributed by atoms with Crippen molar-refractivity contribution in [3.63, 3.8) is 0 Å². The zero-order valence-electron chi connectivity index (χ0n) is 15.0. The van der Waals surface area contributed by atoms with Gasteiger partial charge in [-0.05, 0) is 19.3 Å². The number of esters is 1. The van der Waals surface area contributed by atoms with Gasteiger partial charge in [-0.25, -0.2) is 18.8 Å². The molecule has 0 unspecified atom stereocenters. The number of imide groups is 1. The second-order valence-electron chi connectivity index (χ2n) is 5.78. The molecule has 0 spiro atoms. The average molecular weight is 408 g/mol. The van der Waals surface area contributed by atoms with Crippen molar-refractivity contribution in [2.45, 2.75) is 19.3 Å². The Kier molecular flexibility index (Phi) is 7.34. The summed E-state index contributed by atoms with van der Waals surface area (Å²) in [6, 6.07) is 0. The van der Waals surface area contributed by atoms with E-state index in [2.05, 4.69) is 10.3 Å². The third-order valence-corrected chi connectivity index (χ3v) is 3.74. The average Bonchev–Trinajstić information content (AvgIpc) is 2.98. The van der Waals surface area contributed by atoms with Crippen LogP contribution in [0.1, 0.15) is 19.3 Å². The van der Waals surface area contributed by atoms with Crippen molar-refractivity contribution in [1.29, 1.82) is 0 Å². The van der Waals surface area contributed by atoms with E-state index in [1.807, 2.05) is 4.98 Å². The predicted molar refractivity (Wildman–Crippen MR) is 94.8 cm³/mol. The normalized spacial score (nSPS) is 13.7. The summed E-state index contributed by atoms with van der Waals surface area (Å²) in [6.45, 7) is 0.141. The van der Waals surface area contributed by atoms with Gasteiger partial charge < -0.3 is 15.2 Å². The monoisotopic (exact) mass is 408 g/mol. The third kappa shape index (κ3) is 6.09. The maximum absolute atomic E-state index is 13.5. The second kappa shape index (κ2) is 9.92. The largest absolute Gasteiger partial charge is 0.477 e. The molecule has 0 bridgehead atoms. The maximum atomic E-state index is 13.5. The minimum atomic E-state index is -1.61. The number of halogens is 1. The molecule has 2 rings (SSSR count). The number of anilines is 1. The minimum Gasteiger partial charge on any atom is -0.477 e. The number of rotatable bonds is 10. The topological polar surface area (TPSA) is 159 Å². The molecule has 0 radical (unpaired) electrons. The number of aromatic amines is 1. The third-order valence-electron chi connectivity index (χ3n) is 3.74. The molecule has 0 atom stereocenters. The van der Waals surface area contributed by atoms with Gasteiger partial charge >= 0.3 is 17.6 Å². The summed E-state index contributed by atoms with van der Waals surface area (Å²) in [5, 5.41) is 11.3. The number of unbranched alkanes of at least 4 members (excludes halogenated alkanes) is 2. The number of carboxylic acids is 1. The van der Waals surface area contributed by atoms with E-state index in [0.717, 1.165) is 4.90 Å². The molecule has 3 N–H and O–H groups in total. The first-order chi connectivity index (χ1) is 13.8. The van der Waals surface area contributed by atoms with Crippen LogP contribution in [0.25, 0.3) is 0 Å². The van der Waals surface area contributed by atoms with Crippen LogP contribution >= 0.6 is 0 Å². The lowest BCUT2D eigenvalue weighted by Crippen LogP contribution is -2.30. The fourth-order valence-electron chi connectivity index (χ4n) is 2.28. The highest BCUT2D eigenvalue weighted by atomic mass is 19.1. The number of carboxylic acid groups (broad SMARTS) is 1. The molecule has 2 heterocycles. The lowest BCUT2D eigenvalue weighted by atomic mass is 10.2. The Labute approximate surface area is 162 Å². The fraction of sp³-hybridized carbons (Fsp3) is 0.294. The molecule has 1 aromatic rings. The first kappa shape index (κ1) is 21.5. The van der Waals surface area contributed by atoms with Crippen LogP contribution in [0, 0.1) is 5.82 Å². The summed E-state index contributed by atoms with van der Waals surface area (Å²) in [5.74, 6) is -4.94. The number of nitrogens with zero attached hydrogens (tertiary/aromatic N) is 2. The van der Waals surface area contributed by atoms with Gasteiger partial charge in [-0.1, -0.05) is 0 Å². The van der Waals surface area contributed by atoms with E-state index in [1.54, 1.807) is 0 Å². The van der Waals surface area contributed by atoms with Crippen LogP contribution in [0.4, 0.5) is 10.2 Å². The molecule has 2 amide bonds. The van der Waals surface area contributed by atoms with Crippen molar-refractivity contribution in [3.8, 4) is 0 Å². The van der Waals surface area contributed by atoms with Gasteiger partial charge in [-0.15, -0.1) is 0 Å². The molecule has 0 fully saturated rings. The number of ether oxygens (including phenoxy) is 1. The SMILES string of the molecule is O=C(O)/C(=C\Nc1[nH]c(=O)ncc1F)C(=O)OCCCCCN1C(=O)C=CC1=O. The zero-order valence-corrected chi connectivity index (χ0v) is 15.0. The molecule has 29 heavy (non-hydrogen) atoms. The molecule has 11 nitrogen and oxygen atoms in total. The predicted octanol–water partition coefficient (Wildman–Crippen LogP) is -0.0721. The quantitative estimate of drug-likeness (QED) is 0.120. The van der Waals surface area contributed by atoms with Crippen molar-refractivity contribution in [1.82, 2.24) is 14.9 Å². The highest BCUT2D eigenvalue weighted by Gasteiger charge is 2.22. The Morgan fingerprint density at radius 3 is 2.55 bits per heavy atom. The van der Waals surface area contributed by atoms with Crippen LogP contribution in [0.2, 0.25) is 0 Å². The van der Waals surface area contributed by atoms with Crippen molar-refractivity contribution in [3.05, 3.63) is 46.4 Å². The van der Waals surface area contributed by atoms with Gasteiger partial charge in [0.25, 0.3) is 11.8 Å². The van der Waals surface area contributed by atoms with Crippen molar-refractivity contribution in [2.24, 2.45) is 0 Å². The smallest absolute Gasteiger partial charge is 0.347 e. The van der Waals surface area contributed by atoms with E-state index in [-0.39, 0.29) is 25.0 Å². The molecule has 1 aromatic heterocycles. The highest BCUT2D eigenvalue weighted by molar-refractivity contribution is 6.13. The molecular formula is C17H17FN4O7. The van der Waals surface area contributed by atoms with Crippen LogP contribution in [0.3, 0.4) is 0 Å². The van der Waals surface area contributed by atoms with Gasteiger partial charge in [0.2, 0.25) is 0 Å². The number of aliphatic carboxylic acids is 1. The van der Waals surface area contributed by atoms with Crippen molar-refractivity contribution in [2.75, 3.05) is 18.5 Å². The number of carbonyl (C=O) groups is 4. The summed E-state index contributed by atoms with van der Waals surface area (Å²) in [4.78, 5) is 63.1. The second-order valence-corrected chi connectivity index (χ2v) is 5.78. The Hall–Kier alpha value is -3.83. The number of hydrogen-bond donors (Lipinski definition) is 3. The lowest BCUT2D eigenvalue weighted by molar-refractivity contribution is -0.144. The van der Waals surface area contributed by atoms with Crippen LogP contribution in [0.5, 0.6) is 0 Å². The summed E-state index contributed by atoms with van der Waals surface area (Å²) in [6.07, 6.45) is 5.09. The summed E-state index contributed by atoms with van der Waals surface area (Å²) >= 11 is 0. The van der Waals surface area contributed by atoms with Crippen LogP contribution < -0.4 is 11.0 Å². The van der Waals surface area contributed by atoms with Gasteiger partial charge in [-0.2, -0.15) is 4.98 Å². The van der Waals surface area contributed by atoms with E-state index < -0.39 is 34.8 Å². The summed E-state index contributed by atoms with van der Waals surface area (Å²) in [7, 11) is 0. The van der Waals surface area contributed by atoms with E-state index in [1.165, 1.54) is 12.2 Å².